The van der Waals surface area contributed by atoms with Crippen molar-refractivity contribution in [1.82, 2.24) is 4.90 Å². The van der Waals surface area contributed by atoms with Gasteiger partial charge in [-0.3, -0.25) is 0 Å². The normalized spacial score (nSPS) is 16.1. The van der Waals surface area contributed by atoms with Gasteiger partial charge in [-0.2, -0.15) is 0 Å². The predicted molar refractivity (Wildman–Crippen MR) is 95.9 cm³/mol. The molecule has 0 aliphatic carbocycles. The quantitative estimate of drug-likeness (QED) is 0.334. The summed E-state index contributed by atoms with van der Waals surface area (Å²) in [5.74, 6) is 0.992. The van der Waals surface area contributed by atoms with Crippen LogP contribution in [0, 0.1) is 5.92 Å². The summed E-state index contributed by atoms with van der Waals surface area (Å²) < 4.78 is 0. The van der Waals surface area contributed by atoms with Crippen LogP contribution in [0.1, 0.15) is 104 Å². The monoisotopic (exact) mass is 295 g/mol. The number of hydrogen-bond acceptors (Lipinski definition) is 1. The summed E-state index contributed by atoms with van der Waals surface area (Å²) in [5.41, 5.74) is 0. The van der Waals surface area contributed by atoms with Crippen LogP contribution >= 0.6 is 0 Å². The Hall–Kier alpha value is -0.0400. The van der Waals surface area contributed by atoms with Gasteiger partial charge in [0.25, 0.3) is 0 Å². The van der Waals surface area contributed by atoms with Crippen molar-refractivity contribution in [2.24, 2.45) is 5.92 Å². The van der Waals surface area contributed by atoms with Crippen LogP contribution < -0.4 is 0 Å². The Morgan fingerprint density at radius 3 is 1.62 bits per heavy atom. The Morgan fingerprint density at radius 2 is 1.14 bits per heavy atom. The van der Waals surface area contributed by atoms with E-state index in [0.717, 1.165) is 5.92 Å². The van der Waals surface area contributed by atoms with Crippen molar-refractivity contribution in [1.29, 1.82) is 0 Å². The van der Waals surface area contributed by atoms with Gasteiger partial charge in [0.2, 0.25) is 0 Å². The molecule has 1 nitrogen and oxygen atoms in total. The van der Waals surface area contributed by atoms with Crippen LogP contribution in [-0.4, -0.2) is 24.5 Å². The van der Waals surface area contributed by atoms with Gasteiger partial charge in [-0.25, -0.2) is 0 Å². The second kappa shape index (κ2) is 13.6. The molecule has 0 atom stereocenters. The van der Waals surface area contributed by atoms with Crippen molar-refractivity contribution in [2.75, 3.05) is 19.6 Å². The van der Waals surface area contributed by atoms with E-state index in [1.807, 2.05) is 0 Å². The summed E-state index contributed by atoms with van der Waals surface area (Å²) in [6.07, 6.45) is 20.3. The van der Waals surface area contributed by atoms with Crippen LogP contribution in [0.4, 0.5) is 0 Å². The molecule has 0 radical (unpaired) electrons. The van der Waals surface area contributed by atoms with Gasteiger partial charge < -0.3 is 4.90 Å². The fourth-order valence-corrected chi connectivity index (χ4v) is 3.73. The minimum atomic E-state index is 0.992. The summed E-state index contributed by atoms with van der Waals surface area (Å²) in [7, 11) is 0. The molecule has 0 unspecified atom stereocenters. The molecule has 0 spiro atoms. The first-order chi connectivity index (χ1) is 10.4. The summed E-state index contributed by atoms with van der Waals surface area (Å²) in [4.78, 5) is 2.74. The molecule has 1 heteroatoms. The van der Waals surface area contributed by atoms with E-state index >= 15 is 0 Å². The highest BCUT2D eigenvalue weighted by Gasteiger charge is 2.17. The number of rotatable bonds is 14. The Bertz CT molecular complexity index is 194. The smallest absolute Gasteiger partial charge is 0.000966 e. The van der Waals surface area contributed by atoms with E-state index in [9.17, 15) is 0 Å². The maximum Gasteiger partial charge on any atom is 0.000966 e. The lowest BCUT2D eigenvalue weighted by Crippen LogP contribution is -2.26. The highest BCUT2D eigenvalue weighted by atomic mass is 15.1. The molecule has 0 saturated carbocycles. The van der Waals surface area contributed by atoms with Crippen LogP contribution in [0.25, 0.3) is 0 Å². The molecule has 1 heterocycles. The van der Waals surface area contributed by atoms with Crippen molar-refractivity contribution in [2.45, 2.75) is 104 Å². The summed E-state index contributed by atoms with van der Waals surface area (Å²) in [5, 5.41) is 0. The molecule has 1 saturated heterocycles. The van der Waals surface area contributed by atoms with Crippen LogP contribution in [0.5, 0.6) is 0 Å². The van der Waals surface area contributed by atoms with Crippen molar-refractivity contribution in [3.63, 3.8) is 0 Å². The first-order valence-electron chi connectivity index (χ1n) is 10.1. The van der Waals surface area contributed by atoms with Gasteiger partial charge in [0, 0.05) is 6.54 Å². The minimum absolute atomic E-state index is 0.992. The molecule has 1 rings (SSSR count). The van der Waals surface area contributed by atoms with Gasteiger partial charge >= 0.3 is 0 Å². The van der Waals surface area contributed by atoms with Crippen molar-refractivity contribution < 1.29 is 0 Å². The summed E-state index contributed by atoms with van der Waals surface area (Å²) >= 11 is 0. The molecule has 1 fully saturated rings. The molecular weight excluding hydrogens is 254 g/mol. The SMILES string of the molecule is CCCCCCCC(CCCCCCC)CN1CCCC1. The number of likely N-dealkylation sites (tertiary alicyclic amines) is 1. The largest absolute Gasteiger partial charge is 0.303 e. The third-order valence-electron chi connectivity index (χ3n) is 5.15. The van der Waals surface area contributed by atoms with Gasteiger partial charge in [0.1, 0.15) is 0 Å². The van der Waals surface area contributed by atoms with Gasteiger partial charge in [0.05, 0.1) is 0 Å². The molecule has 1 aliphatic heterocycles. The second-order valence-corrected chi connectivity index (χ2v) is 7.28. The molecule has 0 amide bonds. The molecule has 0 aromatic heterocycles. The highest BCUT2D eigenvalue weighted by molar-refractivity contribution is 4.71. The zero-order valence-corrected chi connectivity index (χ0v) is 15.0. The van der Waals surface area contributed by atoms with Crippen molar-refractivity contribution in [3.05, 3.63) is 0 Å². The van der Waals surface area contributed by atoms with E-state index < -0.39 is 0 Å². The summed E-state index contributed by atoms with van der Waals surface area (Å²) in [6, 6.07) is 0. The van der Waals surface area contributed by atoms with E-state index in [1.165, 1.54) is 110 Å². The lowest BCUT2D eigenvalue weighted by molar-refractivity contribution is 0.250. The second-order valence-electron chi connectivity index (χ2n) is 7.28. The zero-order valence-electron chi connectivity index (χ0n) is 15.0. The average molecular weight is 296 g/mol. The zero-order chi connectivity index (χ0) is 15.2. The Labute approximate surface area is 134 Å². The molecule has 0 aromatic carbocycles. The molecule has 1 aliphatic rings. The number of hydrogen-bond donors (Lipinski definition) is 0. The van der Waals surface area contributed by atoms with Crippen molar-refractivity contribution in [3.8, 4) is 0 Å². The lowest BCUT2D eigenvalue weighted by Gasteiger charge is -2.23. The predicted octanol–water partition coefficient (Wildman–Crippen LogP) is 6.42. The van der Waals surface area contributed by atoms with Gasteiger partial charge in [-0.1, -0.05) is 78.1 Å². The van der Waals surface area contributed by atoms with Crippen LogP contribution in [0.15, 0.2) is 0 Å². The van der Waals surface area contributed by atoms with Gasteiger partial charge in [0.15, 0.2) is 0 Å². The number of nitrogens with zero attached hydrogens (tertiary/aromatic N) is 1. The topological polar surface area (TPSA) is 3.24 Å². The van der Waals surface area contributed by atoms with Crippen molar-refractivity contribution >= 4 is 0 Å². The van der Waals surface area contributed by atoms with Gasteiger partial charge in [-0.15, -0.1) is 0 Å². The molecule has 126 valence electrons. The van der Waals surface area contributed by atoms with E-state index in [0.29, 0.717) is 0 Å². The Kier molecular flexibility index (Phi) is 12.3. The fraction of sp³-hybridized carbons (Fsp3) is 1.00. The third-order valence-corrected chi connectivity index (χ3v) is 5.15. The van der Waals surface area contributed by atoms with E-state index in [2.05, 4.69) is 18.7 Å². The average Bonchev–Trinajstić information content (AvgIpc) is 2.99. The van der Waals surface area contributed by atoms with Crippen LogP contribution in [-0.2, 0) is 0 Å². The number of unbranched alkanes of at least 4 members (excludes halogenated alkanes) is 8. The van der Waals surface area contributed by atoms with Crippen LogP contribution in [0.2, 0.25) is 0 Å². The Balaban J connectivity index is 2.14. The first-order valence-corrected chi connectivity index (χ1v) is 10.1. The van der Waals surface area contributed by atoms with E-state index in [-0.39, 0.29) is 0 Å². The molecule has 0 bridgehead atoms. The van der Waals surface area contributed by atoms with E-state index in [4.69, 9.17) is 0 Å². The fourth-order valence-electron chi connectivity index (χ4n) is 3.73. The maximum absolute atomic E-state index is 2.74. The van der Waals surface area contributed by atoms with Crippen LogP contribution in [0.3, 0.4) is 0 Å². The summed E-state index contributed by atoms with van der Waals surface area (Å²) in [6.45, 7) is 8.78. The standard InChI is InChI=1S/C20H41N/c1-3-5-7-9-11-15-20(16-12-10-8-6-4-2)19-21-17-13-14-18-21/h20H,3-19H2,1-2H3. The highest BCUT2D eigenvalue weighted by Crippen LogP contribution is 2.22. The van der Waals surface area contributed by atoms with E-state index in [1.54, 1.807) is 0 Å². The maximum atomic E-state index is 2.74. The lowest BCUT2D eigenvalue weighted by atomic mass is 9.93. The Morgan fingerprint density at radius 1 is 0.667 bits per heavy atom. The first kappa shape index (κ1) is 19.0. The molecule has 0 N–H and O–H groups in total. The van der Waals surface area contributed by atoms with Gasteiger partial charge in [-0.05, 0) is 44.7 Å². The molecule has 21 heavy (non-hydrogen) atoms. The third kappa shape index (κ3) is 10.3. The molecular formula is C20H41N. The molecule has 0 aromatic rings. The minimum Gasteiger partial charge on any atom is -0.303 e.